The summed E-state index contributed by atoms with van der Waals surface area (Å²) in [4.78, 5) is 20.4. The molecular weight excluding hydrogens is 428 g/mol. The van der Waals surface area contributed by atoms with Crippen molar-refractivity contribution in [1.29, 1.82) is 0 Å². The van der Waals surface area contributed by atoms with Crippen molar-refractivity contribution in [2.24, 2.45) is 0 Å². The number of oxazole rings is 1. The van der Waals surface area contributed by atoms with E-state index >= 15 is 0 Å². The second-order valence-electron chi connectivity index (χ2n) is 7.36. The molecule has 0 amide bonds. The first-order chi connectivity index (χ1) is 16.6. The van der Waals surface area contributed by atoms with Gasteiger partial charge in [-0.2, -0.15) is 0 Å². The first-order valence-corrected chi connectivity index (χ1v) is 11.6. The van der Waals surface area contributed by atoms with Crippen molar-refractivity contribution in [3.8, 4) is 5.75 Å². The topological polar surface area (TPSA) is 85.5 Å². The Morgan fingerprint density at radius 3 is 2.56 bits per heavy atom. The number of hydrogen-bond acceptors (Lipinski definition) is 5. The normalized spacial score (nSPS) is 11.9. The van der Waals surface area contributed by atoms with E-state index in [9.17, 15) is 9.90 Å². The van der Waals surface area contributed by atoms with E-state index in [1.165, 1.54) is 0 Å². The van der Waals surface area contributed by atoms with Crippen LogP contribution >= 0.6 is 0 Å². The van der Waals surface area contributed by atoms with Gasteiger partial charge in [-0.05, 0) is 50.1 Å². The highest BCUT2D eigenvalue weighted by atomic mass is 16.5. The van der Waals surface area contributed by atoms with Crippen LogP contribution in [0.3, 0.4) is 0 Å². The minimum Gasteiger partial charge on any atom is -0.493 e. The van der Waals surface area contributed by atoms with Crippen LogP contribution in [0.5, 0.6) is 5.75 Å². The van der Waals surface area contributed by atoms with Crippen molar-refractivity contribution in [3.63, 3.8) is 0 Å². The number of ether oxygens (including phenoxy) is 1. The number of nitrogens with zero attached hydrogens (tertiary/aromatic N) is 2. The molecule has 180 valence electrons. The highest BCUT2D eigenvalue weighted by Crippen LogP contribution is 2.22. The van der Waals surface area contributed by atoms with E-state index in [-0.39, 0.29) is 0 Å². The lowest BCUT2D eigenvalue weighted by atomic mass is 9.96. The van der Waals surface area contributed by atoms with Gasteiger partial charge in [-0.15, -0.1) is 0 Å². The summed E-state index contributed by atoms with van der Waals surface area (Å²) in [5.74, 6) is 0.675. The Labute approximate surface area is 202 Å². The van der Waals surface area contributed by atoms with Crippen LogP contribution in [0.1, 0.15) is 55.3 Å². The summed E-state index contributed by atoms with van der Waals surface area (Å²) in [7, 11) is 0. The molecule has 0 saturated carbocycles. The van der Waals surface area contributed by atoms with Gasteiger partial charge in [-0.3, -0.25) is 9.78 Å². The lowest BCUT2D eigenvalue weighted by molar-refractivity contribution is -0.138. The van der Waals surface area contributed by atoms with Crippen LogP contribution in [0.4, 0.5) is 0 Å². The second-order valence-corrected chi connectivity index (χ2v) is 7.36. The van der Waals surface area contributed by atoms with Gasteiger partial charge in [0, 0.05) is 19.0 Å². The second kappa shape index (κ2) is 14.5. The third-order valence-electron chi connectivity index (χ3n) is 4.98. The van der Waals surface area contributed by atoms with Crippen LogP contribution in [0.2, 0.25) is 0 Å². The van der Waals surface area contributed by atoms with Crippen molar-refractivity contribution >= 4 is 5.97 Å². The maximum absolute atomic E-state index is 11.7. The molecule has 6 heteroatoms. The Balaban J connectivity index is 0.00000199. The number of hydrogen-bond donors (Lipinski definition) is 1. The number of benzene rings is 1. The van der Waals surface area contributed by atoms with Gasteiger partial charge in [0.25, 0.3) is 0 Å². The molecule has 6 nitrogen and oxygen atoms in total. The van der Waals surface area contributed by atoms with Crippen LogP contribution in [0.25, 0.3) is 0 Å². The standard InChI is InChI=1S/C26H28N2O4.C2H6/c1-3-4-5-6-10-25-28-23(19(2)32-25)15-17-31-21-13-11-20(12-14-21)18-22(26(29)30)24-9-7-8-16-27-24;1-2/h3-9,11-14,16,22H,10,15,17-18H2,1-2H3,(H,29,30);1-2H3/b4-3-,6-5-;. The predicted molar refractivity (Wildman–Crippen MR) is 134 cm³/mol. The summed E-state index contributed by atoms with van der Waals surface area (Å²) in [5, 5.41) is 9.58. The van der Waals surface area contributed by atoms with E-state index in [1.54, 1.807) is 24.4 Å². The summed E-state index contributed by atoms with van der Waals surface area (Å²) < 4.78 is 11.6. The van der Waals surface area contributed by atoms with E-state index < -0.39 is 11.9 Å². The highest BCUT2D eigenvalue weighted by molar-refractivity contribution is 5.75. The molecule has 34 heavy (non-hydrogen) atoms. The van der Waals surface area contributed by atoms with E-state index in [0.29, 0.717) is 37.5 Å². The number of aryl methyl sites for hydroxylation is 1. The Morgan fingerprint density at radius 1 is 1.15 bits per heavy atom. The van der Waals surface area contributed by atoms with E-state index in [0.717, 1.165) is 22.8 Å². The molecule has 2 heterocycles. The van der Waals surface area contributed by atoms with Crippen LogP contribution < -0.4 is 4.74 Å². The fraction of sp³-hybridized carbons (Fsp3) is 0.321. The molecule has 2 aromatic heterocycles. The molecule has 0 aliphatic rings. The molecule has 3 aromatic rings. The van der Waals surface area contributed by atoms with Crippen LogP contribution in [0.15, 0.2) is 77.4 Å². The monoisotopic (exact) mass is 462 g/mol. The average Bonchev–Trinajstić information content (AvgIpc) is 3.22. The number of carboxylic acids is 1. The highest BCUT2D eigenvalue weighted by Gasteiger charge is 2.21. The lowest BCUT2D eigenvalue weighted by Crippen LogP contribution is -2.15. The average molecular weight is 463 g/mol. The van der Waals surface area contributed by atoms with Crippen LogP contribution in [-0.2, 0) is 24.1 Å². The van der Waals surface area contributed by atoms with Gasteiger partial charge < -0.3 is 14.3 Å². The smallest absolute Gasteiger partial charge is 0.312 e. The van der Waals surface area contributed by atoms with E-state index in [4.69, 9.17) is 9.15 Å². The first-order valence-electron chi connectivity index (χ1n) is 11.6. The molecule has 3 rings (SSSR count). The molecule has 1 atom stereocenters. The molecule has 0 fully saturated rings. The maximum atomic E-state index is 11.7. The third kappa shape index (κ3) is 8.35. The number of carboxylic acid groups (broad SMARTS) is 1. The molecule has 1 aromatic carbocycles. The van der Waals surface area contributed by atoms with Gasteiger partial charge in [0.15, 0.2) is 5.89 Å². The van der Waals surface area contributed by atoms with Crippen molar-refractivity contribution in [1.82, 2.24) is 9.97 Å². The zero-order valence-electron chi connectivity index (χ0n) is 20.4. The fourth-order valence-electron chi connectivity index (χ4n) is 3.29. The number of allylic oxidation sites excluding steroid dienone is 4. The van der Waals surface area contributed by atoms with Crippen molar-refractivity contribution < 1.29 is 19.1 Å². The largest absolute Gasteiger partial charge is 0.493 e. The Bertz CT molecular complexity index is 1050. The SMILES string of the molecule is C/C=C\C=C/Cc1nc(CCOc2ccc(CC(C(=O)O)c3ccccn3)cc2)c(C)o1.CC. The molecule has 0 aliphatic carbocycles. The van der Waals surface area contributed by atoms with Gasteiger partial charge >= 0.3 is 5.97 Å². The van der Waals surface area contributed by atoms with E-state index in [2.05, 4.69) is 9.97 Å². The van der Waals surface area contributed by atoms with Gasteiger partial charge in [-0.1, -0.05) is 56.4 Å². The van der Waals surface area contributed by atoms with Gasteiger partial charge in [0.05, 0.1) is 18.0 Å². The van der Waals surface area contributed by atoms with Crippen molar-refractivity contribution in [2.45, 2.75) is 52.9 Å². The molecule has 0 radical (unpaired) electrons. The predicted octanol–water partition coefficient (Wildman–Crippen LogP) is 6.11. The molecule has 0 aliphatic heterocycles. The van der Waals surface area contributed by atoms with E-state index in [1.807, 2.05) is 76.3 Å². The Kier molecular flexibility index (Phi) is 11.3. The lowest BCUT2D eigenvalue weighted by Gasteiger charge is -2.12. The summed E-state index contributed by atoms with van der Waals surface area (Å²) in [6.45, 7) is 8.36. The molecular formula is C28H34N2O4. The van der Waals surface area contributed by atoms with Crippen molar-refractivity contribution in [3.05, 3.63) is 102 Å². The molecule has 0 saturated heterocycles. The maximum Gasteiger partial charge on any atom is 0.312 e. The number of carbonyl (C=O) groups is 1. The zero-order chi connectivity index (χ0) is 24.8. The molecule has 0 spiro atoms. The number of rotatable bonds is 11. The number of aromatic nitrogens is 2. The summed E-state index contributed by atoms with van der Waals surface area (Å²) >= 11 is 0. The Hall–Kier alpha value is -3.67. The van der Waals surface area contributed by atoms with Crippen molar-refractivity contribution in [2.75, 3.05) is 6.61 Å². The first kappa shape index (κ1) is 26.6. The third-order valence-corrected chi connectivity index (χ3v) is 4.98. The summed E-state index contributed by atoms with van der Waals surface area (Å²) in [6.07, 6.45) is 11.2. The fourth-order valence-corrected chi connectivity index (χ4v) is 3.29. The minimum absolute atomic E-state index is 0.371. The summed E-state index contributed by atoms with van der Waals surface area (Å²) in [6, 6.07) is 12.8. The van der Waals surface area contributed by atoms with Gasteiger partial charge in [0.2, 0.25) is 0 Å². The quantitative estimate of drug-likeness (QED) is 0.346. The molecule has 1 unspecified atom stereocenters. The van der Waals surface area contributed by atoms with Gasteiger partial charge in [-0.25, -0.2) is 4.98 Å². The van der Waals surface area contributed by atoms with Crippen LogP contribution in [-0.4, -0.2) is 27.7 Å². The summed E-state index contributed by atoms with van der Waals surface area (Å²) in [5.41, 5.74) is 2.37. The van der Waals surface area contributed by atoms with Crippen LogP contribution in [0, 0.1) is 6.92 Å². The van der Waals surface area contributed by atoms with Gasteiger partial charge in [0.1, 0.15) is 17.4 Å². The Morgan fingerprint density at radius 2 is 1.91 bits per heavy atom. The number of pyridine rings is 1. The molecule has 1 N–H and O–H groups in total. The molecule has 0 bridgehead atoms. The zero-order valence-corrected chi connectivity index (χ0v) is 20.4. The number of aliphatic carboxylic acids is 1. The minimum atomic E-state index is -0.885.